The number of nitrogens with one attached hydrogen (secondary N) is 3. The summed E-state index contributed by atoms with van der Waals surface area (Å²) >= 11 is 1.18. The third-order valence-electron chi connectivity index (χ3n) is 4.52. The van der Waals surface area contributed by atoms with Crippen molar-refractivity contribution in [3.8, 4) is 0 Å². The molecule has 0 bridgehead atoms. The van der Waals surface area contributed by atoms with E-state index in [1.54, 1.807) is 29.6 Å². The van der Waals surface area contributed by atoms with E-state index >= 15 is 0 Å². The second kappa shape index (κ2) is 13.0. The number of carbonyl (C=O) groups excluding carboxylic acids is 3. The quantitative estimate of drug-likeness (QED) is 0.499. The fraction of sp³-hybridized carbons (Fsp3) is 0.429. The van der Waals surface area contributed by atoms with Gasteiger partial charge in [0, 0.05) is 41.8 Å². The third-order valence-corrected chi connectivity index (χ3v) is 5.28. The Morgan fingerprint density at radius 3 is 2.22 bits per heavy atom. The van der Waals surface area contributed by atoms with Gasteiger partial charge in [-0.1, -0.05) is 0 Å². The molecule has 3 amide bonds. The van der Waals surface area contributed by atoms with Crippen LogP contribution in [0.15, 0.2) is 29.6 Å². The van der Waals surface area contributed by atoms with Gasteiger partial charge in [0.25, 0.3) is 11.8 Å². The molecule has 176 valence electrons. The number of aromatic nitrogens is 1. The van der Waals surface area contributed by atoms with Crippen molar-refractivity contribution in [1.29, 1.82) is 0 Å². The molecular weight excluding hydrogens is 454 g/mol. The van der Waals surface area contributed by atoms with Crippen LogP contribution in [0.3, 0.4) is 0 Å². The highest BCUT2D eigenvalue weighted by atomic mass is 35.5. The number of carbonyl (C=O) groups is 3. The van der Waals surface area contributed by atoms with E-state index in [9.17, 15) is 14.4 Å². The van der Waals surface area contributed by atoms with E-state index in [1.165, 1.54) is 18.4 Å². The van der Waals surface area contributed by atoms with Gasteiger partial charge in [0.1, 0.15) is 5.69 Å². The summed E-state index contributed by atoms with van der Waals surface area (Å²) in [4.78, 5) is 42.4. The number of hydrogen-bond donors (Lipinski definition) is 3. The lowest BCUT2D eigenvalue weighted by atomic mass is 10.2. The van der Waals surface area contributed by atoms with Crippen LogP contribution in [0.4, 0.5) is 15.6 Å². The molecule has 1 heterocycles. The van der Waals surface area contributed by atoms with Gasteiger partial charge in [-0.05, 0) is 52.0 Å². The van der Waals surface area contributed by atoms with E-state index < -0.39 is 6.09 Å². The zero-order valence-electron chi connectivity index (χ0n) is 18.8. The molecule has 1 aromatic carbocycles. The molecule has 3 N–H and O–H groups in total. The summed E-state index contributed by atoms with van der Waals surface area (Å²) in [6, 6.07) is 7.09. The lowest BCUT2D eigenvalue weighted by molar-refractivity contribution is 0.0934. The van der Waals surface area contributed by atoms with E-state index in [0.29, 0.717) is 35.0 Å². The van der Waals surface area contributed by atoms with Crippen LogP contribution in [0.25, 0.3) is 0 Å². The number of nitrogens with zero attached hydrogens (tertiary/aromatic N) is 2. The van der Waals surface area contributed by atoms with Crippen molar-refractivity contribution >= 4 is 52.5 Å². The first-order valence-corrected chi connectivity index (χ1v) is 10.8. The molecule has 0 saturated heterocycles. The normalized spacial score (nSPS) is 10.6. The summed E-state index contributed by atoms with van der Waals surface area (Å²) in [5.41, 5.74) is 1.16. The maximum absolute atomic E-state index is 12.4. The fourth-order valence-electron chi connectivity index (χ4n) is 2.98. The number of anilines is 2. The van der Waals surface area contributed by atoms with E-state index in [4.69, 9.17) is 0 Å². The first kappa shape index (κ1) is 27.3. The second-order valence-corrected chi connectivity index (χ2v) is 8.23. The first-order chi connectivity index (χ1) is 14.7. The van der Waals surface area contributed by atoms with Crippen LogP contribution in [-0.2, 0) is 4.74 Å². The maximum Gasteiger partial charge on any atom is 0.411 e. The van der Waals surface area contributed by atoms with Crippen molar-refractivity contribution in [2.45, 2.75) is 39.8 Å². The van der Waals surface area contributed by atoms with E-state index in [-0.39, 0.29) is 29.9 Å². The highest BCUT2D eigenvalue weighted by Crippen LogP contribution is 2.17. The van der Waals surface area contributed by atoms with E-state index in [2.05, 4.69) is 58.3 Å². The van der Waals surface area contributed by atoms with Gasteiger partial charge in [-0.3, -0.25) is 25.1 Å². The molecule has 2 rings (SSSR count). The number of rotatable bonds is 9. The number of methoxy groups -OCH3 is 1. The van der Waals surface area contributed by atoms with Crippen LogP contribution in [0.5, 0.6) is 0 Å². The number of ether oxygens (including phenoxy) is 1. The van der Waals surface area contributed by atoms with Crippen molar-refractivity contribution < 1.29 is 19.1 Å². The molecule has 32 heavy (non-hydrogen) atoms. The molecular formula is C21H30ClN5O4S. The molecule has 0 spiro atoms. The van der Waals surface area contributed by atoms with Crippen molar-refractivity contribution in [1.82, 2.24) is 15.2 Å². The predicted octanol–water partition coefficient (Wildman–Crippen LogP) is 3.84. The minimum Gasteiger partial charge on any atom is -0.453 e. The SMILES string of the molecule is COC(=O)Nc1ccc(C(=O)Nc2nc(C(=O)NCCN(C(C)C)C(C)C)cs2)cc1.Cl. The zero-order valence-corrected chi connectivity index (χ0v) is 20.4. The topological polar surface area (TPSA) is 113 Å². The van der Waals surface area contributed by atoms with Crippen LogP contribution in [0.2, 0.25) is 0 Å². The van der Waals surface area contributed by atoms with Gasteiger partial charge in [0.15, 0.2) is 5.13 Å². The molecule has 0 aliphatic carbocycles. The molecule has 11 heteroatoms. The zero-order chi connectivity index (χ0) is 23.0. The molecule has 1 aromatic heterocycles. The maximum atomic E-state index is 12.4. The Morgan fingerprint density at radius 2 is 1.66 bits per heavy atom. The average molecular weight is 484 g/mol. The lowest BCUT2D eigenvalue weighted by Crippen LogP contribution is -2.42. The third kappa shape index (κ3) is 8.10. The molecule has 0 atom stereocenters. The standard InChI is InChI=1S/C21H29N5O4S.ClH/c1-13(2)26(14(3)4)11-10-22-19(28)17-12-31-20(24-17)25-18(27)15-6-8-16(9-7-15)23-21(29)30-5;/h6-9,12-14H,10-11H2,1-5H3,(H,22,28)(H,23,29)(H,24,25,27);1H. The highest BCUT2D eigenvalue weighted by Gasteiger charge is 2.16. The Morgan fingerprint density at radius 1 is 1.03 bits per heavy atom. The first-order valence-electron chi connectivity index (χ1n) is 9.97. The van der Waals surface area contributed by atoms with Gasteiger partial charge < -0.3 is 10.1 Å². The Bertz CT molecular complexity index is 894. The predicted molar refractivity (Wildman–Crippen MR) is 129 cm³/mol. The molecule has 9 nitrogen and oxygen atoms in total. The second-order valence-electron chi connectivity index (χ2n) is 7.37. The van der Waals surface area contributed by atoms with Crippen molar-refractivity contribution in [3.63, 3.8) is 0 Å². The molecule has 0 fully saturated rings. The number of hydrogen-bond acceptors (Lipinski definition) is 7. The number of halogens is 1. The van der Waals surface area contributed by atoms with Crippen LogP contribution < -0.4 is 16.0 Å². The van der Waals surface area contributed by atoms with E-state index in [0.717, 1.165) is 6.54 Å². The Balaban J connectivity index is 0.00000512. The van der Waals surface area contributed by atoms with Gasteiger partial charge in [-0.25, -0.2) is 9.78 Å². The van der Waals surface area contributed by atoms with Crippen LogP contribution in [0.1, 0.15) is 48.5 Å². The minimum atomic E-state index is -0.591. The summed E-state index contributed by atoms with van der Waals surface area (Å²) in [6.07, 6.45) is -0.591. The number of thiazole rings is 1. The van der Waals surface area contributed by atoms with E-state index in [1.807, 2.05) is 0 Å². The molecule has 0 aliphatic heterocycles. The van der Waals surface area contributed by atoms with Crippen LogP contribution >= 0.6 is 23.7 Å². The van der Waals surface area contributed by atoms with Gasteiger partial charge >= 0.3 is 6.09 Å². The van der Waals surface area contributed by atoms with Gasteiger partial charge in [-0.15, -0.1) is 23.7 Å². The largest absolute Gasteiger partial charge is 0.453 e. The summed E-state index contributed by atoms with van der Waals surface area (Å²) in [7, 11) is 1.27. The number of amides is 3. The van der Waals surface area contributed by atoms with Crippen molar-refractivity contribution in [2.75, 3.05) is 30.8 Å². The van der Waals surface area contributed by atoms with Gasteiger partial charge in [0.2, 0.25) is 0 Å². The van der Waals surface area contributed by atoms with Crippen molar-refractivity contribution in [2.24, 2.45) is 0 Å². The Kier molecular flexibility index (Phi) is 11.1. The number of benzene rings is 1. The van der Waals surface area contributed by atoms with Gasteiger partial charge in [0.05, 0.1) is 7.11 Å². The Hall–Kier alpha value is -2.69. The average Bonchev–Trinajstić information content (AvgIpc) is 3.19. The van der Waals surface area contributed by atoms with Crippen LogP contribution in [-0.4, -0.2) is 60.1 Å². The Labute approximate surface area is 198 Å². The van der Waals surface area contributed by atoms with Crippen molar-refractivity contribution in [3.05, 3.63) is 40.9 Å². The minimum absolute atomic E-state index is 0. The molecule has 0 radical (unpaired) electrons. The van der Waals surface area contributed by atoms with Crippen LogP contribution in [0, 0.1) is 0 Å². The smallest absolute Gasteiger partial charge is 0.411 e. The highest BCUT2D eigenvalue weighted by molar-refractivity contribution is 7.14. The monoisotopic (exact) mass is 483 g/mol. The summed E-state index contributed by atoms with van der Waals surface area (Å²) in [5, 5.41) is 10.00. The fourth-order valence-corrected chi connectivity index (χ4v) is 3.67. The molecule has 0 unspecified atom stereocenters. The molecule has 2 aromatic rings. The lowest BCUT2D eigenvalue weighted by Gasteiger charge is -2.30. The molecule has 0 saturated carbocycles. The summed E-state index contributed by atoms with van der Waals surface area (Å²) in [6.45, 7) is 9.76. The van der Waals surface area contributed by atoms with Gasteiger partial charge in [-0.2, -0.15) is 0 Å². The molecule has 0 aliphatic rings. The summed E-state index contributed by atoms with van der Waals surface area (Å²) < 4.78 is 4.52. The summed E-state index contributed by atoms with van der Waals surface area (Å²) in [5.74, 6) is -0.641.